The molecule has 84 valence electrons. The molecule has 0 saturated carbocycles. The number of rotatable bonds is 2. The van der Waals surface area contributed by atoms with Crippen LogP contribution in [0, 0.1) is 11.3 Å². The Bertz CT molecular complexity index is 397. The second kappa shape index (κ2) is 5.11. The molecule has 1 saturated heterocycles. The van der Waals surface area contributed by atoms with E-state index in [0.717, 1.165) is 37.4 Å². The second-order valence-corrected chi connectivity index (χ2v) is 4.16. The average Bonchev–Trinajstić information content (AvgIpc) is 2.33. The van der Waals surface area contributed by atoms with Crippen molar-refractivity contribution in [2.75, 3.05) is 19.8 Å². The third kappa shape index (κ3) is 2.41. The van der Waals surface area contributed by atoms with Crippen LogP contribution in [0.15, 0.2) is 24.3 Å². The standard InChI is InChI=1S/C13H16N2O/c1-11-10-16-7-6-15(11)9-13-5-3-2-4-12(13)8-14/h2-5,11H,6-7,9-10H2,1H3/t11-/m1/s1. The van der Waals surface area contributed by atoms with Gasteiger partial charge in [-0.2, -0.15) is 5.26 Å². The van der Waals surface area contributed by atoms with E-state index in [2.05, 4.69) is 17.9 Å². The van der Waals surface area contributed by atoms with Crippen LogP contribution in [0.25, 0.3) is 0 Å². The molecule has 1 aromatic carbocycles. The van der Waals surface area contributed by atoms with Gasteiger partial charge < -0.3 is 4.74 Å². The highest BCUT2D eigenvalue weighted by molar-refractivity contribution is 5.37. The van der Waals surface area contributed by atoms with E-state index in [1.165, 1.54) is 0 Å². The van der Waals surface area contributed by atoms with Gasteiger partial charge in [0.25, 0.3) is 0 Å². The molecule has 16 heavy (non-hydrogen) atoms. The Morgan fingerprint density at radius 2 is 2.31 bits per heavy atom. The first-order valence-corrected chi connectivity index (χ1v) is 5.61. The van der Waals surface area contributed by atoms with E-state index < -0.39 is 0 Å². The Morgan fingerprint density at radius 3 is 3.06 bits per heavy atom. The fourth-order valence-electron chi connectivity index (χ4n) is 1.98. The van der Waals surface area contributed by atoms with Gasteiger partial charge in [-0.15, -0.1) is 0 Å². The molecule has 0 amide bonds. The minimum absolute atomic E-state index is 0.431. The Morgan fingerprint density at radius 1 is 1.50 bits per heavy atom. The maximum absolute atomic E-state index is 9.02. The van der Waals surface area contributed by atoms with Crippen molar-refractivity contribution in [2.24, 2.45) is 0 Å². The molecule has 0 unspecified atom stereocenters. The predicted octanol–water partition coefficient (Wildman–Crippen LogP) is 1.78. The van der Waals surface area contributed by atoms with Crippen molar-refractivity contribution in [3.8, 4) is 6.07 Å². The molecule has 1 fully saturated rings. The normalized spacial score (nSPS) is 21.6. The summed E-state index contributed by atoms with van der Waals surface area (Å²) in [6, 6.07) is 10.5. The van der Waals surface area contributed by atoms with Crippen LogP contribution in [0.3, 0.4) is 0 Å². The first-order valence-electron chi connectivity index (χ1n) is 5.61. The van der Waals surface area contributed by atoms with Crippen LogP contribution in [-0.4, -0.2) is 30.7 Å². The summed E-state index contributed by atoms with van der Waals surface area (Å²) in [5.74, 6) is 0. The molecule has 3 nitrogen and oxygen atoms in total. The maximum atomic E-state index is 9.02. The molecule has 3 heteroatoms. The monoisotopic (exact) mass is 216 g/mol. The Labute approximate surface area is 96.2 Å². The van der Waals surface area contributed by atoms with Crippen molar-refractivity contribution in [1.82, 2.24) is 4.90 Å². The lowest BCUT2D eigenvalue weighted by molar-refractivity contribution is -0.00440. The van der Waals surface area contributed by atoms with Crippen molar-refractivity contribution in [2.45, 2.75) is 19.5 Å². The molecule has 0 radical (unpaired) electrons. The third-order valence-corrected chi connectivity index (χ3v) is 3.02. The van der Waals surface area contributed by atoms with Crippen LogP contribution in [0.1, 0.15) is 18.1 Å². The lowest BCUT2D eigenvalue weighted by atomic mass is 10.1. The number of nitriles is 1. The van der Waals surface area contributed by atoms with Gasteiger partial charge in [0.2, 0.25) is 0 Å². The summed E-state index contributed by atoms with van der Waals surface area (Å²) in [6.07, 6.45) is 0. The number of morpholine rings is 1. The Balaban J connectivity index is 2.11. The third-order valence-electron chi connectivity index (χ3n) is 3.02. The van der Waals surface area contributed by atoms with Gasteiger partial charge in [0, 0.05) is 19.1 Å². The number of benzene rings is 1. The van der Waals surface area contributed by atoms with Crippen LogP contribution in [0.4, 0.5) is 0 Å². The lowest BCUT2D eigenvalue weighted by Gasteiger charge is -2.33. The molecular formula is C13H16N2O. The van der Waals surface area contributed by atoms with Crippen molar-refractivity contribution in [3.05, 3.63) is 35.4 Å². The molecule has 1 heterocycles. The van der Waals surface area contributed by atoms with Gasteiger partial charge in [0.1, 0.15) is 0 Å². The zero-order valence-electron chi connectivity index (χ0n) is 9.52. The first kappa shape index (κ1) is 11.1. The zero-order valence-corrected chi connectivity index (χ0v) is 9.52. The fourth-order valence-corrected chi connectivity index (χ4v) is 1.98. The van der Waals surface area contributed by atoms with E-state index in [1.807, 2.05) is 24.3 Å². The highest BCUT2D eigenvalue weighted by Crippen LogP contribution is 2.14. The molecule has 1 aliphatic rings. The van der Waals surface area contributed by atoms with Crippen LogP contribution < -0.4 is 0 Å². The van der Waals surface area contributed by atoms with Crippen molar-refractivity contribution in [3.63, 3.8) is 0 Å². The van der Waals surface area contributed by atoms with E-state index >= 15 is 0 Å². The predicted molar refractivity (Wildman–Crippen MR) is 61.8 cm³/mol. The largest absolute Gasteiger partial charge is 0.379 e. The molecule has 0 aromatic heterocycles. The fraction of sp³-hybridized carbons (Fsp3) is 0.462. The van der Waals surface area contributed by atoms with E-state index in [-0.39, 0.29) is 0 Å². The average molecular weight is 216 g/mol. The summed E-state index contributed by atoms with van der Waals surface area (Å²) in [6.45, 7) is 5.52. The van der Waals surface area contributed by atoms with Crippen molar-refractivity contribution < 1.29 is 4.74 Å². The van der Waals surface area contributed by atoms with Crippen molar-refractivity contribution in [1.29, 1.82) is 5.26 Å². The van der Waals surface area contributed by atoms with Crippen LogP contribution in [0.2, 0.25) is 0 Å². The molecule has 0 spiro atoms. The van der Waals surface area contributed by atoms with E-state index in [4.69, 9.17) is 10.00 Å². The van der Waals surface area contributed by atoms with Gasteiger partial charge in [-0.3, -0.25) is 4.90 Å². The van der Waals surface area contributed by atoms with E-state index in [1.54, 1.807) is 0 Å². The van der Waals surface area contributed by atoms with Crippen LogP contribution in [0.5, 0.6) is 0 Å². The number of ether oxygens (including phenoxy) is 1. The number of hydrogen-bond donors (Lipinski definition) is 0. The molecule has 2 rings (SSSR count). The number of hydrogen-bond acceptors (Lipinski definition) is 3. The lowest BCUT2D eigenvalue weighted by Crippen LogP contribution is -2.43. The van der Waals surface area contributed by atoms with Gasteiger partial charge in [-0.25, -0.2) is 0 Å². The van der Waals surface area contributed by atoms with Gasteiger partial charge in [0.15, 0.2) is 0 Å². The zero-order chi connectivity index (χ0) is 11.4. The van der Waals surface area contributed by atoms with Gasteiger partial charge in [-0.05, 0) is 18.6 Å². The van der Waals surface area contributed by atoms with Crippen molar-refractivity contribution >= 4 is 0 Å². The second-order valence-electron chi connectivity index (χ2n) is 4.16. The molecule has 1 atom stereocenters. The number of nitrogens with zero attached hydrogens (tertiary/aromatic N) is 2. The molecule has 1 aromatic rings. The van der Waals surface area contributed by atoms with Gasteiger partial charge in [0.05, 0.1) is 24.8 Å². The van der Waals surface area contributed by atoms with E-state index in [9.17, 15) is 0 Å². The first-order chi connectivity index (χ1) is 7.81. The highest BCUT2D eigenvalue weighted by Gasteiger charge is 2.19. The minimum atomic E-state index is 0.431. The molecular weight excluding hydrogens is 200 g/mol. The SMILES string of the molecule is C[C@@H]1COCCN1Cc1ccccc1C#N. The smallest absolute Gasteiger partial charge is 0.0995 e. The summed E-state index contributed by atoms with van der Waals surface area (Å²) in [5.41, 5.74) is 1.89. The molecule has 1 aliphatic heterocycles. The highest BCUT2D eigenvalue weighted by atomic mass is 16.5. The molecule has 0 bridgehead atoms. The molecule has 0 aliphatic carbocycles. The van der Waals surface area contributed by atoms with Gasteiger partial charge >= 0.3 is 0 Å². The van der Waals surface area contributed by atoms with Crippen LogP contribution in [-0.2, 0) is 11.3 Å². The maximum Gasteiger partial charge on any atom is 0.0995 e. The van der Waals surface area contributed by atoms with E-state index in [0.29, 0.717) is 6.04 Å². The summed E-state index contributed by atoms with van der Waals surface area (Å²) < 4.78 is 5.40. The topological polar surface area (TPSA) is 36.3 Å². The summed E-state index contributed by atoms with van der Waals surface area (Å²) in [5, 5.41) is 9.02. The Hall–Kier alpha value is -1.37. The van der Waals surface area contributed by atoms with Gasteiger partial charge in [-0.1, -0.05) is 18.2 Å². The minimum Gasteiger partial charge on any atom is -0.379 e. The summed E-state index contributed by atoms with van der Waals surface area (Å²) in [7, 11) is 0. The Kier molecular flexibility index (Phi) is 3.55. The summed E-state index contributed by atoms with van der Waals surface area (Å²) in [4.78, 5) is 2.36. The van der Waals surface area contributed by atoms with Crippen LogP contribution >= 0.6 is 0 Å². The quantitative estimate of drug-likeness (QED) is 0.756. The molecule has 0 N–H and O–H groups in total. The summed E-state index contributed by atoms with van der Waals surface area (Å²) >= 11 is 0.